The highest BCUT2D eigenvalue weighted by molar-refractivity contribution is 5.94. The number of halogens is 3. The number of rotatable bonds is 13. The third-order valence-corrected chi connectivity index (χ3v) is 4.99. The SMILES string of the molecule is CCC(=O)[C@H](CN)NC(=O)[C@@H](NC(=O)[C@H](CCN)NCc1ccccc1C(F)(F)F)[C@H](C)O. The first kappa shape index (κ1) is 28.5. The molecule has 0 heterocycles. The number of nitrogens with two attached hydrogens (primary N) is 2. The van der Waals surface area contributed by atoms with Gasteiger partial charge in [0.15, 0.2) is 5.78 Å². The van der Waals surface area contributed by atoms with Gasteiger partial charge in [0.25, 0.3) is 0 Å². The van der Waals surface area contributed by atoms with Crippen molar-refractivity contribution in [3.05, 3.63) is 35.4 Å². The number of amides is 2. The standard InChI is InChI=1S/C21H32F3N5O4/c1-3-17(31)16(10-26)28-20(33)18(12(2)30)29-19(32)15(8-9-25)27-11-13-6-4-5-7-14(13)21(22,23)24/h4-7,12,15-16,18,27,30H,3,8-11,25-26H2,1-2H3,(H,28,33)(H,29,32)/t12-,15-,16-,18-/m0/s1. The lowest BCUT2D eigenvalue weighted by atomic mass is 10.1. The number of alkyl halides is 3. The van der Waals surface area contributed by atoms with Gasteiger partial charge in [-0.3, -0.25) is 14.4 Å². The Morgan fingerprint density at radius 2 is 1.70 bits per heavy atom. The second kappa shape index (κ2) is 13.2. The third kappa shape index (κ3) is 8.72. The topological polar surface area (TPSA) is 160 Å². The average molecular weight is 476 g/mol. The van der Waals surface area contributed by atoms with Crippen LogP contribution < -0.4 is 27.4 Å². The van der Waals surface area contributed by atoms with Crippen LogP contribution in [0.4, 0.5) is 13.2 Å². The van der Waals surface area contributed by atoms with Crippen LogP contribution in [-0.4, -0.2) is 60.0 Å². The summed E-state index contributed by atoms with van der Waals surface area (Å²) >= 11 is 0. The molecule has 0 fully saturated rings. The van der Waals surface area contributed by atoms with Gasteiger partial charge in [0.05, 0.1) is 23.8 Å². The quantitative estimate of drug-likeness (QED) is 0.230. The zero-order valence-corrected chi connectivity index (χ0v) is 18.6. The minimum Gasteiger partial charge on any atom is -0.391 e. The lowest BCUT2D eigenvalue weighted by Crippen LogP contribution is -2.59. The van der Waals surface area contributed by atoms with Gasteiger partial charge >= 0.3 is 6.18 Å². The maximum atomic E-state index is 13.2. The third-order valence-electron chi connectivity index (χ3n) is 4.99. The lowest BCUT2D eigenvalue weighted by Gasteiger charge is -2.26. The fraction of sp³-hybridized carbons (Fsp3) is 0.571. The van der Waals surface area contributed by atoms with Crippen LogP contribution in [0.1, 0.15) is 37.8 Å². The molecular weight excluding hydrogens is 443 g/mol. The summed E-state index contributed by atoms with van der Waals surface area (Å²) in [6.45, 7) is 2.48. The number of nitrogens with one attached hydrogen (secondary N) is 3. The Labute approximate surface area is 190 Å². The number of carbonyl (C=O) groups is 3. The van der Waals surface area contributed by atoms with Gasteiger partial charge in [-0.15, -0.1) is 0 Å². The van der Waals surface area contributed by atoms with E-state index in [4.69, 9.17) is 11.5 Å². The van der Waals surface area contributed by atoms with Gasteiger partial charge in [-0.05, 0) is 31.5 Å². The van der Waals surface area contributed by atoms with Crippen LogP contribution in [0.25, 0.3) is 0 Å². The van der Waals surface area contributed by atoms with Crippen molar-refractivity contribution in [3.8, 4) is 0 Å². The normalized spacial score (nSPS) is 15.3. The summed E-state index contributed by atoms with van der Waals surface area (Å²) in [7, 11) is 0. The van der Waals surface area contributed by atoms with Crippen LogP contribution in [0.2, 0.25) is 0 Å². The van der Waals surface area contributed by atoms with Crippen molar-refractivity contribution in [2.75, 3.05) is 13.1 Å². The molecule has 8 N–H and O–H groups in total. The van der Waals surface area contributed by atoms with E-state index in [0.29, 0.717) is 0 Å². The van der Waals surface area contributed by atoms with Crippen LogP contribution in [0.5, 0.6) is 0 Å². The summed E-state index contributed by atoms with van der Waals surface area (Å²) in [5.41, 5.74) is 10.2. The van der Waals surface area contributed by atoms with Gasteiger partial charge in [-0.1, -0.05) is 25.1 Å². The number of carbonyl (C=O) groups excluding carboxylic acids is 3. The van der Waals surface area contributed by atoms with Crippen LogP contribution in [-0.2, 0) is 27.1 Å². The molecule has 1 aromatic rings. The van der Waals surface area contributed by atoms with E-state index in [1.807, 2.05) is 0 Å². The van der Waals surface area contributed by atoms with Gasteiger partial charge in [-0.25, -0.2) is 0 Å². The van der Waals surface area contributed by atoms with Crippen LogP contribution in [0.3, 0.4) is 0 Å². The number of ketones is 1. The minimum absolute atomic E-state index is 0.0395. The van der Waals surface area contributed by atoms with Gasteiger partial charge in [0.2, 0.25) is 11.8 Å². The highest BCUT2D eigenvalue weighted by atomic mass is 19.4. The number of hydrogen-bond acceptors (Lipinski definition) is 7. The van der Waals surface area contributed by atoms with Crippen molar-refractivity contribution in [1.82, 2.24) is 16.0 Å². The smallest absolute Gasteiger partial charge is 0.391 e. The molecule has 2 amide bonds. The van der Waals surface area contributed by atoms with Crippen LogP contribution in [0.15, 0.2) is 24.3 Å². The van der Waals surface area contributed by atoms with E-state index in [1.54, 1.807) is 6.92 Å². The largest absolute Gasteiger partial charge is 0.416 e. The molecule has 0 unspecified atom stereocenters. The summed E-state index contributed by atoms with van der Waals surface area (Å²) in [5, 5.41) is 17.5. The number of benzene rings is 1. The van der Waals surface area contributed by atoms with E-state index in [0.717, 1.165) is 6.07 Å². The summed E-state index contributed by atoms with van der Waals surface area (Å²) < 4.78 is 39.6. The van der Waals surface area contributed by atoms with Gasteiger partial charge < -0.3 is 32.5 Å². The Morgan fingerprint density at radius 3 is 2.21 bits per heavy atom. The van der Waals surface area contributed by atoms with Crippen LogP contribution in [0, 0.1) is 0 Å². The molecule has 0 radical (unpaired) electrons. The molecule has 0 bridgehead atoms. The van der Waals surface area contributed by atoms with Crippen molar-refractivity contribution in [1.29, 1.82) is 0 Å². The molecule has 0 aliphatic carbocycles. The summed E-state index contributed by atoms with van der Waals surface area (Å²) in [6.07, 6.45) is -5.69. The Hall–Kier alpha value is -2.54. The molecular formula is C21H32F3N5O4. The van der Waals surface area contributed by atoms with Gasteiger partial charge in [0, 0.05) is 19.5 Å². The first-order chi connectivity index (χ1) is 15.5. The van der Waals surface area contributed by atoms with Crippen molar-refractivity contribution in [3.63, 3.8) is 0 Å². The van der Waals surface area contributed by atoms with Gasteiger partial charge in [0.1, 0.15) is 6.04 Å². The molecule has 1 rings (SSSR count). The molecule has 4 atom stereocenters. The molecule has 1 aromatic carbocycles. The maximum absolute atomic E-state index is 13.2. The number of aliphatic hydroxyl groups is 1. The fourth-order valence-corrected chi connectivity index (χ4v) is 3.11. The zero-order chi connectivity index (χ0) is 25.2. The molecule has 0 saturated heterocycles. The lowest BCUT2D eigenvalue weighted by molar-refractivity contribution is -0.138. The second-order valence-corrected chi connectivity index (χ2v) is 7.51. The first-order valence-corrected chi connectivity index (χ1v) is 10.6. The fourth-order valence-electron chi connectivity index (χ4n) is 3.11. The summed E-state index contributed by atoms with van der Waals surface area (Å²) in [5.74, 6) is -1.87. The number of hydrogen-bond donors (Lipinski definition) is 6. The summed E-state index contributed by atoms with van der Waals surface area (Å²) in [6, 6.07) is 1.51. The molecule has 186 valence electrons. The zero-order valence-electron chi connectivity index (χ0n) is 18.6. The molecule has 0 saturated carbocycles. The van der Waals surface area contributed by atoms with E-state index in [1.165, 1.54) is 25.1 Å². The first-order valence-electron chi connectivity index (χ1n) is 10.6. The Balaban J connectivity index is 2.93. The highest BCUT2D eigenvalue weighted by Gasteiger charge is 2.34. The number of Topliss-reactive ketones (excluding diaryl/α,β-unsaturated/α-hetero) is 1. The maximum Gasteiger partial charge on any atom is 0.416 e. The Bertz CT molecular complexity index is 804. The predicted octanol–water partition coefficient (Wildman–Crippen LogP) is -0.199. The Morgan fingerprint density at radius 1 is 1.06 bits per heavy atom. The van der Waals surface area contributed by atoms with E-state index in [2.05, 4.69) is 16.0 Å². The van der Waals surface area contributed by atoms with Gasteiger partial charge in [-0.2, -0.15) is 13.2 Å². The van der Waals surface area contributed by atoms with Crippen molar-refractivity contribution >= 4 is 17.6 Å². The molecule has 0 aromatic heterocycles. The van der Waals surface area contributed by atoms with Crippen molar-refractivity contribution in [2.24, 2.45) is 11.5 Å². The molecule has 9 nitrogen and oxygen atoms in total. The van der Waals surface area contributed by atoms with Crippen LogP contribution >= 0.6 is 0 Å². The van der Waals surface area contributed by atoms with E-state index < -0.39 is 47.8 Å². The molecule has 0 aliphatic rings. The minimum atomic E-state index is -4.56. The number of aliphatic hydroxyl groups excluding tert-OH is 1. The second-order valence-electron chi connectivity index (χ2n) is 7.51. The Kier molecular flexibility index (Phi) is 11.4. The summed E-state index contributed by atoms with van der Waals surface area (Å²) in [4.78, 5) is 37.2. The van der Waals surface area contributed by atoms with Crippen molar-refractivity contribution < 1.29 is 32.7 Å². The molecule has 0 spiro atoms. The molecule has 33 heavy (non-hydrogen) atoms. The highest BCUT2D eigenvalue weighted by Crippen LogP contribution is 2.31. The average Bonchev–Trinajstić information content (AvgIpc) is 2.76. The van der Waals surface area contributed by atoms with E-state index in [9.17, 15) is 32.7 Å². The molecule has 0 aliphatic heterocycles. The van der Waals surface area contributed by atoms with E-state index >= 15 is 0 Å². The monoisotopic (exact) mass is 475 g/mol. The predicted molar refractivity (Wildman–Crippen MR) is 116 cm³/mol. The molecule has 12 heteroatoms. The van der Waals surface area contributed by atoms with E-state index in [-0.39, 0.29) is 43.8 Å². The van der Waals surface area contributed by atoms with Crippen molar-refractivity contribution in [2.45, 2.75) is 63.6 Å².